The highest BCUT2D eigenvalue weighted by Crippen LogP contribution is 2.38. The van der Waals surface area contributed by atoms with E-state index in [-0.39, 0.29) is 30.1 Å². The van der Waals surface area contributed by atoms with Crippen molar-refractivity contribution in [1.29, 1.82) is 0 Å². The van der Waals surface area contributed by atoms with Gasteiger partial charge in [-0.15, -0.1) is 11.3 Å². The van der Waals surface area contributed by atoms with E-state index in [0.717, 1.165) is 48.5 Å². The number of thioether (sulfide) groups is 1. The van der Waals surface area contributed by atoms with E-state index in [1.165, 1.54) is 10.4 Å². The van der Waals surface area contributed by atoms with E-state index in [0.29, 0.717) is 12.2 Å². The van der Waals surface area contributed by atoms with Crippen molar-refractivity contribution in [2.75, 3.05) is 6.61 Å². The fourth-order valence-corrected chi connectivity index (χ4v) is 7.03. The standard InChI is InChI=1S/C29H31NO4S2/c1-2-33-29(32)22-9-13-25(14-10-22)34-26-16-23-11-12-24(17-26)30(23)28(31)21-7-5-20(6-8-21)18-35-19-27-4-3-15-36-27/h3-10,13-15,23-24,26H,2,11-12,16-19H2,1H3. The molecule has 2 aliphatic rings. The van der Waals surface area contributed by atoms with Crippen LogP contribution >= 0.6 is 23.1 Å². The molecule has 2 aliphatic heterocycles. The Morgan fingerprint density at radius 3 is 2.28 bits per heavy atom. The van der Waals surface area contributed by atoms with Crippen LogP contribution in [0.3, 0.4) is 0 Å². The molecule has 0 aliphatic carbocycles. The molecule has 0 spiro atoms. The first kappa shape index (κ1) is 24.9. The summed E-state index contributed by atoms with van der Waals surface area (Å²) in [5.41, 5.74) is 2.54. The van der Waals surface area contributed by atoms with Gasteiger partial charge in [-0.25, -0.2) is 4.79 Å². The van der Waals surface area contributed by atoms with Crippen LogP contribution in [-0.4, -0.2) is 41.6 Å². The van der Waals surface area contributed by atoms with Gasteiger partial charge in [0.1, 0.15) is 11.9 Å². The number of carbonyl (C=O) groups excluding carboxylic acids is 2. The normalized spacial score (nSPS) is 20.8. The third-order valence-electron chi connectivity index (χ3n) is 6.89. The highest BCUT2D eigenvalue weighted by atomic mass is 32.2. The minimum atomic E-state index is -0.320. The van der Waals surface area contributed by atoms with Gasteiger partial charge in [0, 0.05) is 46.9 Å². The first-order valence-corrected chi connectivity index (χ1v) is 14.6. The van der Waals surface area contributed by atoms with Crippen LogP contribution in [0.1, 0.15) is 63.8 Å². The zero-order chi connectivity index (χ0) is 24.9. The van der Waals surface area contributed by atoms with E-state index in [1.807, 2.05) is 36.0 Å². The summed E-state index contributed by atoms with van der Waals surface area (Å²) in [5.74, 6) is 2.53. The Morgan fingerprint density at radius 2 is 1.64 bits per heavy atom. The number of nitrogens with zero attached hydrogens (tertiary/aromatic N) is 1. The molecule has 0 N–H and O–H groups in total. The summed E-state index contributed by atoms with van der Waals surface area (Å²) in [5, 5.41) is 2.11. The van der Waals surface area contributed by atoms with Crippen LogP contribution in [0.2, 0.25) is 0 Å². The Hall–Kier alpha value is -2.77. The molecule has 0 saturated carbocycles. The molecule has 2 bridgehead atoms. The lowest BCUT2D eigenvalue weighted by molar-refractivity contribution is 0.0359. The Kier molecular flexibility index (Phi) is 7.97. The number of rotatable bonds is 9. The van der Waals surface area contributed by atoms with Gasteiger partial charge in [0.05, 0.1) is 12.2 Å². The molecule has 2 saturated heterocycles. The number of piperidine rings is 1. The van der Waals surface area contributed by atoms with Crippen molar-refractivity contribution in [2.45, 2.75) is 62.3 Å². The van der Waals surface area contributed by atoms with Crippen molar-refractivity contribution in [1.82, 2.24) is 4.90 Å². The zero-order valence-corrected chi connectivity index (χ0v) is 22.1. The smallest absolute Gasteiger partial charge is 0.338 e. The summed E-state index contributed by atoms with van der Waals surface area (Å²) in [6.45, 7) is 2.15. The summed E-state index contributed by atoms with van der Waals surface area (Å²) in [6.07, 6.45) is 3.78. The van der Waals surface area contributed by atoms with Gasteiger partial charge in [-0.05, 0) is 73.2 Å². The number of esters is 1. The van der Waals surface area contributed by atoms with Gasteiger partial charge < -0.3 is 14.4 Å². The molecule has 2 unspecified atom stereocenters. The Labute approximate surface area is 220 Å². The SMILES string of the molecule is CCOC(=O)c1ccc(OC2CC3CCC(C2)N3C(=O)c2ccc(CSCc3cccs3)cc2)cc1. The quantitative estimate of drug-likeness (QED) is 0.298. The third kappa shape index (κ3) is 5.79. The van der Waals surface area contributed by atoms with Crippen molar-refractivity contribution >= 4 is 35.0 Å². The second-order valence-corrected chi connectivity index (χ2v) is 11.3. The van der Waals surface area contributed by atoms with Crippen molar-refractivity contribution in [3.05, 3.63) is 87.6 Å². The first-order chi connectivity index (χ1) is 17.6. The molecule has 188 valence electrons. The molecule has 3 heterocycles. The molecule has 2 fully saturated rings. The molecular weight excluding hydrogens is 490 g/mol. The predicted octanol–water partition coefficient (Wildman–Crippen LogP) is 6.57. The fourth-order valence-electron chi connectivity index (χ4n) is 5.19. The number of thiophene rings is 1. The van der Waals surface area contributed by atoms with Crippen LogP contribution < -0.4 is 4.74 Å². The van der Waals surface area contributed by atoms with Crippen LogP contribution in [0.15, 0.2) is 66.0 Å². The van der Waals surface area contributed by atoms with E-state index in [9.17, 15) is 9.59 Å². The lowest BCUT2D eigenvalue weighted by Gasteiger charge is -2.39. The lowest BCUT2D eigenvalue weighted by atomic mass is 9.98. The van der Waals surface area contributed by atoms with E-state index in [1.54, 1.807) is 30.4 Å². The molecule has 5 nitrogen and oxygen atoms in total. The number of carbonyl (C=O) groups is 2. The molecule has 2 aromatic carbocycles. The minimum absolute atomic E-state index is 0.0720. The Balaban J connectivity index is 1.15. The molecule has 2 atom stereocenters. The van der Waals surface area contributed by atoms with Gasteiger partial charge in [0.25, 0.3) is 5.91 Å². The zero-order valence-electron chi connectivity index (χ0n) is 20.4. The van der Waals surface area contributed by atoms with Crippen LogP contribution in [0.25, 0.3) is 0 Å². The monoisotopic (exact) mass is 521 g/mol. The molecule has 1 aromatic heterocycles. The largest absolute Gasteiger partial charge is 0.490 e. The first-order valence-electron chi connectivity index (χ1n) is 12.6. The summed E-state index contributed by atoms with van der Waals surface area (Å²) in [7, 11) is 0. The molecule has 36 heavy (non-hydrogen) atoms. The second-order valence-electron chi connectivity index (χ2n) is 9.32. The van der Waals surface area contributed by atoms with Gasteiger partial charge in [0.15, 0.2) is 0 Å². The Morgan fingerprint density at radius 1 is 0.944 bits per heavy atom. The van der Waals surface area contributed by atoms with Crippen LogP contribution in [0, 0.1) is 0 Å². The van der Waals surface area contributed by atoms with E-state index >= 15 is 0 Å². The maximum absolute atomic E-state index is 13.4. The molecule has 0 radical (unpaired) electrons. The summed E-state index contributed by atoms with van der Waals surface area (Å²) in [6, 6.07) is 20.0. The number of hydrogen-bond acceptors (Lipinski definition) is 6. The predicted molar refractivity (Wildman–Crippen MR) is 145 cm³/mol. The number of benzene rings is 2. The van der Waals surface area contributed by atoms with Crippen molar-refractivity contribution in [2.24, 2.45) is 0 Å². The van der Waals surface area contributed by atoms with Gasteiger partial charge >= 0.3 is 5.97 Å². The number of hydrogen-bond donors (Lipinski definition) is 0. The maximum Gasteiger partial charge on any atom is 0.338 e. The van der Waals surface area contributed by atoms with Gasteiger partial charge in [-0.3, -0.25) is 4.79 Å². The summed E-state index contributed by atoms with van der Waals surface area (Å²) < 4.78 is 11.3. The molecule has 3 aromatic rings. The van der Waals surface area contributed by atoms with Crippen LogP contribution in [0.4, 0.5) is 0 Å². The van der Waals surface area contributed by atoms with Gasteiger partial charge in [-0.1, -0.05) is 18.2 Å². The van der Waals surface area contributed by atoms with Crippen molar-refractivity contribution in [3.8, 4) is 5.75 Å². The van der Waals surface area contributed by atoms with Gasteiger partial charge in [0.2, 0.25) is 0 Å². The molecule has 7 heteroatoms. The van der Waals surface area contributed by atoms with Gasteiger partial charge in [-0.2, -0.15) is 11.8 Å². The third-order valence-corrected chi connectivity index (χ3v) is 9.00. The van der Waals surface area contributed by atoms with E-state index in [2.05, 4.69) is 34.5 Å². The molecular formula is C29H31NO4S2. The minimum Gasteiger partial charge on any atom is -0.490 e. The maximum atomic E-state index is 13.4. The highest BCUT2D eigenvalue weighted by Gasteiger charge is 2.44. The van der Waals surface area contributed by atoms with Crippen LogP contribution in [-0.2, 0) is 16.2 Å². The van der Waals surface area contributed by atoms with Crippen molar-refractivity contribution < 1.29 is 19.1 Å². The average molecular weight is 522 g/mol. The number of ether oxygens (including phenoxy) is 2. The lowest BCUT2D eigenvalue weighted by Crippen LogP contribution is -2.49. The number of amides is 1. The summed E-state index contributed by atoms with van der Waals surface area (Å²) in [4.78, 5) is 28.8. The second kappa shape index (κ2) is 11.5. The topological polar surface area (TPSA) is 55.8 Å². The Bertz CT molecular complexity index is 1150. The molecule has 1 amide bonds. The molecule has 5 rings (SSSR count). The van der Waals surface area contributed by atoms with E-state index in [4.69, 9.17) is 9.47 Å². The average Bonchev–Trinajstić information content (AvgIpc) is 3.50. The fraction of sp³-hybridized carbons (Fsp3) is 0.379. The number of fused-ring (bicyclic) bond motifs is 2. The van der Waals surface area contributed by atoms with E-state index < -0.39 is 0 Å². The van der Waals surface area contributed by atoms with Crippen LogP contribution in [0.5, 0.6) is 5.75 Å². The van der Waals surface area contributed by atoms with Crippen molar-refractivity contribution in [3.63, 3.8) is 0 Å². The summed E-state index contributed by atoms with van der Waals surface area (Å²) >= 11 is 3.69. The highest BCUT2D eigenvalue weighted by molar-refractivity contribution is 7.97.